The summed E-state index contributed by atoms with van der Waals surface area (Å²) in [4.78, 5) is 39.3. The quantitative estimate of drug-likeness (QED) is 0.876. The molecule has 0 radical (unpaired) electrons. The first kappa shape index (κ1) is 15.0. The van der Waals surface area contributed by atoms with E-state index in [1.807, 2.05) is 13.8 Å². The summed E-state index contributed by atoms with van der Waals surface area (Å²) < 4.78 is 6.14. The Hall–Kier alpha value is -2.44. The van der Waals surface area contributed by atoms with Crippen LogP contribution in [0.4, 0.5) is 0 Å². The van der Waals surface area contributed by atoms with Crippen molar-refractivity contribution in [3.63, 3.8) is 0 Å². The minimum Gasteiger partial charge on any atom is -0.406 e. The average molecular weight is 291 g/mol. The number of nitrogens with one attached hydrogen (secondary N) is 1. The van der Waals surface area contributed by atoms with Crippen molar-refractivity contribution in [1.82, 2.24) is 14.9 Å². The van der Waals surface area contributed by atoms with Gasteiger partial charge in [0.1, 0.15) is 6.54 Å². The highest BCUT2D eigenvalue weighted by molar-refractivity contribution is 5.88. The second-order valence-electron chi connectivity index (χ2n) is 5.18. The lowest BCUT2D eigenvalue weighted by molar-refractivity contribution is -0.128. The predicted octanol–water partition coefficient (Wildman–Crippen LogP) is 0.719. The van der Waals surface area contributed by atoms with Crippen LogP contribution in [0, 0.1) is 5.92 Å². The zero-order chi connectivity index (χ0) is 15.6. The lowest BCUT2D eigenvalue weighted by Gasteiger charge is -2.19. The standard InChI is InChI=1S/C14H17N3O4/c1-8(2)12(9(3)18)16-11(19)7-17-13-10(21-14(17)20)5-4-6-15-13/h4-6,8,12H,7H2,1-3H3,(H,16,19). The molecule has 2 rings (SSSR count). The lowest BCUT2D eigenvalue weighted by atomic mass is 10.0. The third-order valence-electron chi connectivity index (χ3n) is 3.15. The summed E-state index contributed by atoms with van der Waals surface area (Å²) in [6.45, 7) is 4.87. The second-order valence-corrected chi connectivity index (χ2v) is 5.18. The molecule has 0 fully saturated rings. The maximum Gasteiger partial charge on any atom is 0.421 e. The van der Waals surface area contributed by atoms with Gasteiger partial charge in [0.15, 0.2) is 17.0 Å². The third kappa shape index (κ3) is 3.18. The van der Waals surface area contributed by atoms with Crippen LogP contribution in [-0.4, -0.2) is 27.3 Å². The number of oxazole rings is 1. The van der Waals surface area contributed by atoms with E-state index in [2.05, 4.69) is 10.3 Å². The van der Waals surface area contributed by atoms with Gasteiger partial charge in [-0.3, -0.25) is 9.59 Å². The van der Waals surface area contributed by atoms with E-state index in [4.69, 9.17) is 4.42 Å². The molecule has 0 aromatic carbocycles. The van der Waals surface area contributed by atoms with E-state index in [-0.39, 0.29) is 18.2 Å². The van der Waals surface area contributed by atoms with Crippen LogP contribution in [0.25, 0.3) is 11.2 Å². The number of nitrogens with zero attached hydrogens (tertiary/aromatic N) is 2. The van der Waals surface area contributed by atoms with Gasteiger partial charge in [-0.1, -0.05) is 13.8 Å². The van der Waals surface area contributed by atoms with E-state index in [0.717, 1.165) is 4.57 Å². The highest BCUT2D eigenvalue weighted by Crippen LogP contribution is 2.08. The monoisotopic (exact) mass is 291 g/mol. The van der Waals surface area contributed by atoms with Crippen LogP contribution in [0.15, 0.2) is 27.5 Å². The molecule has 21 heavy (non-hydrogen) atoms. The first-order valence-electron chi connectivity index (χ1n) is 6.64. The number of ketones is 1. The Labute approximate surface area is 121 Å². The molecule has 112 valence electrons. The third-order valence-corrected chi connectivity index (χ3v) is 3.15. The van der Waals surface area contributed by atoms with Gasteiger partial charge in [-0.2, -0.15) is 0 Å². The molecule has 0 saturated heterocycles. The highest BCUT2D eigenvalue weighted by Gasteiger charge is 2.22. The average Bonchev–Trinajstić information content (AvgIpc) is 2.72. The Bertz CT molecular complexity index is 729. The van der Waals surface area contributed by atoms with Crippen LogP contribution in [0.1, 0.15) is 20.8 Å². The molecule has 2 aromatic rings. The smallest absolute Gasteiger partial charge is 0.406 e. The molecule has 1 unspecified atom stereocenters. The van der Waals surface area contributed by atoms with Gasteiger partial charge in [0.2, 0.25) is 5.91 Å². The van der Waals surface area contributed by atoms with E-state index in [1.165, 1.54) is 13.1 Å². The molecule has 2 aromatic heterocycles. The maximum atomic E-state index is 12.0. The van der Waals surface area contributed by atoms with Gasteiger partial charge in [-0.15, -0.1) is 0 Å². The van der Waals surface area contributed by atoms with Gasteiger partial charge in [0.05, 0.1) is 6.04 Å². The molecule has 2 heterocycles. The molecule has 1 atom stereocenters. The minimum atomic E-state index is -0.650. The van der Waals surface area contributed by atoms with Gasteiger partial charge in [0.25, 0.3) is 0 Å². The fraction of sp³-hybridized carbons (Fsp3) is 0.429. The number of carbonyl (C=O) groups is 2. The van der Waals surface area contributed by atoms with Crippen LogP contribution in [-0.2, 0) is 16.1 Å². The number of fused-ring (bicyclic) bond motifs is 1. The maximum absolute atomic E-state index is 12.0. The van der Waals surface area contributed by atoms with Crippen LogP contribution in [0.3, 0.4) is 0 Å². The van der Waals surface area contributed by atoms with Crippen molar-refractivity contribution < 1.29 is 14.0 Å². The largest absolute Gasteiger partial charge is 0.421 e. The Morgan fingerprint density at radius 3 is 2.76 bits per heavy atom. The molecule has 0 spiro atoms. The summed E-state index contributed by atoms with van der Waals surface area (Å²) in [5.41, 5.74) is 0.629. The molecule has 0 aliphatic carbocycles. The summed E-state index contributed by atoms with van der Waals surface area (Å²) in [6, 6.07) is 2.67. The van der Waals surface area contributed by atoms with Crippen molar-refractivity contribution in [2.45, 2.75) is 33.4 Å². The molecule has 0 saturated carbocycles. The lowest BCUT2D eigenvalue weighted by Crippen LogP contribution is -2.45. The van der Waals surface area contributed by atoms with Crippen LogP contribution in [0.5, 0.6) is 0 Å². The first-order chi connectivity index (χ1) is 9.90. The van der Waals surface area contributed by atoms with E-state index >= 15 is 0 Å². The Kier molecular flexibility index (Phi) is 4.21. The number of Topliss-reactive ketones (excluding diaryl/α,β-unsaturated/α-hetero) is 1. The summed E-state index contributed by atoms with van der Waals surface area (Å²) in [6.07, 6.45) is 1.51. The van der Waals surface area contributed by atoms with Crippen molar-refractivity contribution in [3.05, 3.63) is 28.9 Å². The number of hydrogen-bond acceptors (Lipinski definition) is 5. The van der Waals surface area contributed by atoms with Crippen LogP contribution >= 0.6 is 0 Å². The molecule has 1 N–H and O–H groups in total. The fourth-order valence-corrected chi connectivity index (χ4v) is 2.14. The molecule has 0 aliphatic rings. The number of amides is 1. The molecule has 7 nitrogen and oxygen atoms in total. The van der Waals surface area contributed by atoms with Crippen molar-refractivity contribution in [1.29, 1.82) is 0 Å². The zero-order valence-corrected chi connectivity index (χ0v) is 12.1. The fourth-order valence-electron chi connectivity index (χ4n) is 2.14. The molecule has 0 bridgehead atoms. The van der Waals surface area contributed by atoms with Gasteiger partial charge in [0, 0.05) is 6.20 Å². The highest BCUT2D eigenvalue weighted by atomic mass is 16.4. The van der Waals surface area contributed by atoms with Crippen LogP contribution in [0.2, 0.25) is 0 Å². The van der Waals surface area contributed by atoms with Crippen molar-refractivity contribution in [3.8, 4) is 0 Å². The van der Waals surface area contributed by atoms with Crippen molar-refractivity contribution in [2.24, 2.45) is 5.92 Å². The Morgan fingerprint density at radius 1 is 1.43 bits per heavy atom. The SMILES string of the molecule is CC(=O)C(NC(=O)Cn1c(=O)oc2cccnc21)C(C)C. The van der Waals surface area contributed by atoms with E-state index in [9.17, 15) is 14.4 Å². The van der Waals surface area contributed by atoms with Gasteiger partial charge in [-0.25, -0.2) is 14.3 Å². The second kappa shape index (κ2) is 5.90. The van der Waals surface area contributed by atoms with Crippen LogP contribution < -0.4 is 11.1 Å². The molecular formula is C14H17N3O4. The molecule has 1 amide bonds. The number of hydrogen-bond donors (Lipinski definition) is 1. The van der Waals surface area contributed by atoms with Crippen molar-refractivity contribution >= 4 is 22.9 Å². The Balaban J connectivity index is 2.20. The van der Waals surface area contributed by atoms with E-state index in [0.29, 0.717) is 11.2 Å². The first-order valence-corrected chi connectivity index (χ1v) is 6.64. The summed E-state index contributed by atoms with van der Waals surface area (Å²) in [5, 5.41) is 2.63. The summed E-state index contributed by atoms with van der Waals surface area (Å²) in [7, 11) is 0. The predicted molar refractivity (Wildman–Crippen MR) is 75.7 cm³/mol. The number of rotatable bonds is 5. The normalized spacial score (nSPS) is 12.6. The number of carbonyl (C=O) groups excluding carboxylic acids is 2. The van der Waals surface area contributed by atoms with Gasteiger partial charge >= 0.3 is 5.76 Å². The van der Waals surface area contributed by atoms with E-state index in [1.54, 1.807) is 12.1 Å². The number of aromatic nitrogens is 2. The summed E-state index contributed by atoms with van der Waals surface area (Å²) >= 11 is 0. The molecule has 0 aliphatic heterocycles. The van der Waals surface area contributed by atoms with Gasteiger partial charge < -0.3 is 9.73 Å². The molecular weight excluding hydrogens is 274 g/mol. The Morgan fingerprint density at radius 2 is 2.14 bits per heavy atom. The summed E-state index contributed by atoms with van der Waals surface area (Å²) in [5.74, 6) is -1.23. The number of pyridine rings is 1. The van der Waals surface area contributed by atoms with E-state index < -0.39 is 17.7 Å². The minimum absolute atomic E-state index is 0.0256. The van der Waals surface area contributed by atoms with Crippen molar-refractivity contribution in [2.75, 3.05) is 0 Å². The zero-order valence-electron chi connectivity index (χ0n) is 12.1. The van der Waals surface area contributed by atoms with Gasteiger partial charge in [-0.05, 0) is 25.0 Å². The molecule has 7 heteroatoms. The topological polar surface area (TPSA) is 94.2 Å².